The Labute approximate surface area is 120 Å². The van der Waals surface area contributed by atoms with Gasteiger partial charge in [0.15, 0.2) is 17.3 Å². The van der Waals surface area contributed by atoms with E-state index < -0.39 is 23.3 Å². The summed E-state index contributed by atoms with van der Waals surface area (Å²) >= 11 is 2.94. The molecule has 0 fully saturated rings. The smallest absolute Gasteiger partial charge is 0.255 e. The van der Waals surface area contributed by atoms with Gasteiger partial charge in [0.05, 0.1) is 5.69 Å². The van der Waals surface area contributed by atoms with Crippen LogP contribution in [0.1, 0.15) is 10.4 Å². The molecule has 3 N–H and O–H groups in total. The summed E-state index contributed by atoms with van der Waals surface area (Å²) in [6.07, 6.45) is 0. The molecule has 0 saturated heterocycles. The van der Waals surface area contributed by atoms with Crippen molar-refractivity contribution in [1.29, 1.82) is 0 Å². The van der Waals surface area contributed by atoms with Crippen LogP contribution in [0, 0.1) is 11.6 Å². The summed E-state index contributed by atoms with van der Waals surface area (Å²) in [7, 11) is 0. The van der Waals surface area contributed by atoms with Gasteiger partial charge in [-0.25, -0.2) is 8.78 Å². The van der Waals surface area contributed by atoms with Crippen molar-refractivity contribution < 1.29 is 23.8 Å². The molecule has 0 saturated carbocycles. The number of phenolic OH excluding ortho intramolecular Hbond substituents is 2. The van der Waals surface area contributed by atoms with Gasteiger partial charge >= 0.3 is 0 Å². The van der Waals surface area contributed by atoms with E-state index in [2.05, 4.69) is 21.2 Å². The Morgan fingerprint density at radius 1 is 1.10 bits per heavy atom. The summed E-state index contributed by atoms with van der Waals surface area (Å²) in [6.45, 7) is 0. The highest BCUT2D eigenvalue weighted by atomic mass is 79.9. The zero-order valence-electron chi connectivity index (χ0n) is 9.82. The summed E-state index contributed by atoms with van der Waals surface area (Å²) in [4.78, 5) is 11.9. The van der Waals surface area contributed by atoms with Crippen LogP contribution in [0.15, 0.2) is 34.8 Å². The molecule has 0 bridgehead atoms. The lowest BCUT2D eigenvalue weighted by Gasteiger charge is -2.09. The Balaban J connectivity index is 2.30. The molecule has 0 heterocycles. The summed E-state index contributed by atoms with van der Waals surface area (Å²) in [5, 5.41) is 20.7. The van der Waals surface area contributed by atoms with Gasteiger partial charge in [0.2, 0.25) is 0 Å². The zero-order chi connectivity index (χ0) is 14.9. The molecule has 0 atom stereocenters. The standard InChI is InChI=1S/C13H8BrF2NO3/c14-8-4-7(15)5-9(16)12(8)17-13(20)6-1-2-10(18)11(19)3-6/h1-5,18-19H,(H,17,20). The van der Waals surface area contributed by atoms with E-state index in [4.69, 9.17) is 5.11 Å². The summed E-state index contributed by atoms with van der Waals surface area (Å²) in [6, 6.07) is 5.04. The van der Waals surface area contributed by atoms with Gasteiger partial charge in [-0.3, -0.25) is 4.79 Å². The van der Waals surface area contributed by atoms with Gasteiger partial charge in [0.1, 0.15) is 5.82 Å². The van der Waals surface area contributed by atoms with Crippen LogP contribution in [0.4, 0.5) is 14.5 Å². The fraction of sp³-hybridized carbons (Fsp3) is 0. The van der Waals surface area contributed by atoms with Gasteiger partial charge in [-0.1, -0.05) is 0 Å². The lowest BCUT2D eigenvalue weighted by atomic mass is 10.2. The van der Waals surface area contributed by atoms with E-state index in [0.717, 1.165) is 18.2 Å². The molecule has 0 aliphatic carbocycles. The summed E-state index contributed by atoms with van der Waals surface area (Å²) < 4.78 is 26.5. The molecule has 2 aromatic rings. The van der Waals surface area contributed by atoms with Crippen LogP contribution in [0.3, 0.4) is 0 Å². The lowest BCUT2D eigenvalue weighted by molar-refractivity contribution is 0.102. The van der Waals surface area contributed by atoms with Crippen molar-refractivity contribution in [2.75, 3.05) is 5.32 Å². The molecule has 2 rings (SSSR count). The van der Waals surface area contributed by atoms with Gasteiger partial charge in [0, 0.05) is 16.1 Å². The highest BCUT2D eigenvalue weighted by molar-refractivity contribution is 9.10. The molecule has 0 aliphatic rings. The first-order chi connectivity index (χ1) is 9.38. The number of hydrogen-bond acceptors (Lipinski definition) is 3. The van der Waals surface area contributed by atoms with Gasteiger partial charge in [-0.05, 0) is 40.2 Å². The van der Waals surface area contributed by atoms with Crippen molar-refractivity contribution in [2.24, 2.45) is 0 Å². The quantitative estimate of drug-likeness (QED) is 0.732. The van der Waals surface area contributed by atoms with Crippen molar-refractivity contribution in [2.45, 2.75) is 0 Å². The second-order valence-corrected chi connectivity index (χ2v) is 4.76. The second kappa shape index (κ2) is 5.46. The van der Waals surface area contributed by atoms with E-state index in [-0.39, 0.29) is 21.5 Å². The number of carbonyl (C=O) groups excluding carboxylic acids is 1. The minimum atomic E-state index is -0.937. The number of anilines is 1. The Morgan fingerprint density at radius 2 is 1.80 bits per heavy atom. The fourth-order valence-electron chi connectivity index (χ4n) is 1.51. The molecule has 0 aliphatic heterocycles. The van der Waals surface area contributed by atoms with E-state index in [1.807, 2.05) is 0 Å². The fourth-order valence-corrected chi connectivity index (χ4v) is 2.02. The monoisotopic (exact) mass is 343 g/mol. The molecule has 2 aromatic carbocycles. The van der Waals surface area contributed by atoms with Crippen molar-refractivity contribution >= 4 is 27.5 Å². The van der Waals surface area contributed by atoms with Crippen molar-refractivity contribution in [3.05, 3.63) is 52.0 Å². The number of carbonyl (C=O) groups is 1. The molecule has 0 spiro atoms. The van der Waals surface area contributed by atoms with Gasteiger partial charge in [-0.15, -0.1) is 0 Å². The molecule has 0 unspecified atom stereocenters. The van der Waals surface area contributed by atoms with Crippen LogP contribution in [0.25, 0.3) is 0 Å². The number of phenols is 2. The molecule has 0 aromatic heterocycles. The van der Waals surface area contributed by atoms with Crippen molar-refractivity contribution in [1.82, 2.24) is 0 Å². The number of amides is 1. The van der Waals surface area contributed by atoms with Crippen LogP contribution in [-0.2, 0) is 0 Å². The molecular weight excluding hydrogens is 336 g/mol. The van der Waals surface area contributed by atoms with Crippen LogP contribution >= 0.6 is 15.9 Å². The van der Waals surface area contributed by atoms with Crippen molar-refractivity contribution in [3.63, 3.8) is 0 Å². The molecule has 0 radical (unpaired) electrons. The first-order valence-corrected chi connectivity index (χ1v) is 6.15. The van der Waals surface area contributed by atoms with Gasteiger partial charge in [0.25, 0.3) is 5.91 Å². The Hall–Kier alpha value is -2.15. The molecule has 7 heteroatoms. The van der Waals surface area contributed by atoms with E-state index >= 15 is 0 Å². The van der Waals surface area contributed by atoms with E-state index in [1.54, 1.807) is 0 Å². The third-order valence-corrected chi connectivity index (χ3v) is 3.11. The number of halogens is 3. The number of benzene rings is 2. The molecular formula is C13H8BrF2NO3. The van der Waals surface area contributed by atoms with Gasteiger partial charge < -0.3 is 15.5 Å². The second-order valence-electron chi connectivity index (χ2n) is 3.90. The third-order valence-electron chi connectivity index (χ3n) is 2.48. The number of nitrogens with one attached hydrogen (secondary N) is 1. The van der Waals surface area contributed by atoms with Crippen molar-refractivity contribution in [3.8, 4) is 11.5 Å². The zero-order valence-corrected chi connectivity index (χ0v) is 11.4. The van der Waals surface area contributed by atoms with Crippen LogP contribution in [0.2, 0.25) is 0 Å². The maximum Gasteiger partial charge on any atom is 0.255 e. The number of hydrogen-bond donors (Lipinski definition) is 3. The van der Waals surface area contributed by atoms with Crippen LogP contribution in [0.5, 0.6) is 11.5 Å². The van der Waals surface area contributed by atoms with E-state index in [9.17, 15) is 18.7 Å². The van der Waals surface area contributed by atoms with Gasteiger partial charge in [-0.2, -0.15) is 0 Å². The highest BCUT2D eigenvalue weighted by Crippen LogP contribution is 2.29. The summed E-state index contributed by atoms with van der Waals surface area (Å²) in [5.74, 6) is -3.29. The Kier molecular flexibility index (Phi) is 3.89. The number of rotatable bonds is 2. The first-order valence-electron chi connectivity index (χ1n) is 5.36. The Bertz CT molecular complexity index is 668. The minimum Gasteiger partial charge on any atom is -0.504 e. The minimum absolute atomic E-state index is 0.0101. The van der Waals surface area contributed by atoms with E-state index in [0.29, 0.717) is 6.07 Å². The normalized spacial score (nSPS) is 10.3. The average molecular weight is 344 g/mol. The predicted molar refractivity (Wildman–Crippen MR) is 71.8 cm³/mol. The van der Waals surface area contributed by atoms with Crippen LogP contribution in [-0.4, -0.2) is 16.1 Å². The van der Waals surface area contributed by atoms with Crippen LogP contribution < -0.4 is 5.32 Å². The Morgan fingerprint density at radius 3 is 2.40 bits per heavy atom. The molecule has 1 amide bonds. The SMILES string of the molecule is O=C(Nc1c(F)cc(F)cc1Br)c1ccc(O)c(O)c1. The molecule has 104 valence electrons. The maximum atomic E-state index is 13.6. The highest BCUT2D eigenvalue weighted by Gasteiger charge is 2.15. The molecule has 4 nitrogen and oxygen atoms in total. The topological polar surface area (TPSA) is 69.6 Å². The predicted octanol–water partition coefficient (Wildman–Crippen LogP) is 3.39. The average Bonchev–Trinajstić information content (AvgIpc) is 2.36. The third kappa shape index (κ3) is 2.88. The maximum absolute atomic E-state index is 13.6. The summed E-state index contributed by atoms with van der Waals surface area (Å²) in [5.41, 5.74) is -0.208. The number of aromatic hydroxyl groups is 2. The van der Waals surface area contributed by atoms with E-state index in [1.165, 1.54) is 6.07 Å². The lowest BCUT2D eigenvalue weighted by Crippen LogP contribution is -2.13. The molecule has 20 heavy (non-hydrogen) atoms. The largest absolute Gasteiger partial charge is 0.504 e. The first kappa shape index (κ1) is 14.3.